The van der Waals surface area contributed by atoms with Crippen molar-refractivity contribution in [1.29, 1.82) is 0 Å². The van der Waals surface area contributed by atoms with Crippen molar-refractivity contribution in [2.75, 3.05) is 0 Å². The molecule has 1 aliphatic heterocycles. The molecule has 2 aliphatic rings. The van der Waals surface area contributed by atoms with Crippen LogP contribution in [0.3, 0.4) is 0 Å². The van der Waals surface area contributed by atoms with E-state index in [9.17, 15) is 9.18 Å². The zero-order valence-corrected chi connectivity index (χ0v) is 11.8. The minimum absolute atomic E-state index is 0.229. The number of halogens is 1. The molecule has 1 fully saturated rings. The standard InChI is InChI=1S/C15H15FN2OS/c16-11-7-5-10(6-8-11)9-20-14-12-3-1-2-4-13(12)17-15(19)18-14/h5-8,12H,1-4,9H2. The second-order valence-corrected chi connectivity index (χ2v) is 6.04. The molecule has 0 radical (unpaired) electrons. The van der Waals surface area contributed by atoms with Crippen LogP contribution in [0, 0.1) is 11.7 Å². The van der Waals surface area contributed by atoms with Gasteiger partial charge in [0.25, 0.3) is 0 Å². The number of amides is 2. The summed E-state index contributed by atoms with van der Waals surface area (Å²) in [6.07, 6.45) is 4.21. The maximum absolute atomic E-state index is 12.9. The Kier molecular flexibility index (Phi) is 3.96. The normalized spacial score (nSPS) is 22.1. The van der Waals surface area contributed by atoms with Crippen molar-refractivity contribution in [2.45, 2.75) is 31.4 Å². The summed E-state index contributed by atoms with van der Waals surface area (Å²) in [6.45, 7) is 0. The molecule has 20 heavy (non-hydrogen) atoms. The lowest BCUT2D eigenvalue weighted by Crippen LogP contribution is -2.30. The molecule has 5 heteroatoms. The van der Waals surface area contributed by atoms with E-state index in [0.29, 0.717) is 5.75 Å². The fourth-order valence-corrected chi connectivity index (χ4v) is 3.69. The monoisotopic (exact) mass is 290 g/mol. The van der Waals surface area contributed by atoms with E-state index >= 15 is 0 Å². The Bertz CT molecular complexity index is 580. The van der Waals surface area contributed by atoms with Gasteiger partial charge in [-0.25, -0.2) is 14.2 Å². The van der Waals surface area contributed by atoms with Gasteiger partial charge >= 0.3 is 6.03 Å². The van der Waals surface area contributed by atoms with Crippen LogP contribution in [-0.2, 0) is 5.75 Å². The first-order valence-electron chi connectivity index (χ1n) is 6.79. The van der Waals surface area contributed by atoms with E-state index in [1.807, 2.05) is 0 Å². The highest BCUT2D eigenvalue weighted by atomic mass is 32.2. The van der Waals surface area contributed by atoms with Gasteiger partial charge < -0.3 is 0 Å². The molecule has 3 rings (SSSR count). The Labute approximate surface area is 121 Å². The summed E-state index contributed by atoms with van der Waals surface area (Å²) in [5.41, 5.74) is 2.03. The minimum Gasteiger partial charge on any atom is -0.244 e. The fraction of sp³-hybridized carbons (Fsp3) is 0.400. The molecule has 1 heterocycles. The zero-order chi connectivity index (χ0) is 13.9. The van der Waals surface area contributed by atoms with Crippen molar-refractivity contribution >= 4 is 28.5 Å². The molecule has 1 saturated carbocycles. The highest BCUT2D eigenvalue weighted by Gasteiger charge is 2.30. The van der Waals surface area contributed by atoms with Gasteiger partial charge in [-0.15, -0.1) is 11.8 Å². The number of benzene rings is 1. The molecule has 3 nitrogen and oxygen atoms in total. The van der Waals surface area contributed by atoms with Gasteiger partial charge in [-0.05, 0) is 37.0 Å². The summed E-state index contributed by atoms with van der Waals surface area (Å²) < 4.78 is 12.9. The number of hydrogen-bond acceptors (Lipinski definition) is 2. The molecule has 1 unspecified atom stereocenters. The van der Waals surface area contributed by atoms with Crippen LogP contribution in [0.2, 0.25) is 0 Å². The average molecular weight is 290 g/mol. The van der Waals surface area contributed by atoms with E-state index < -0.39 is 0 Å². The molecule has 0 bridgehead atoms. The highest BCUT2D eigenvalue weighted by molar-refractivity contribution is 8.13. The molecule has 0 spiro atoms. The third-order valence-electron chi connectivity index (χ3n) is 3.62. The number of carbonyl (C=O) groups excluding carboxylic acids is 1. The van der Waals surface area contributed by atoms with Crippen LogP contribution in [-0.4, -0.2) is 16.8 Å². The van der Waals surface area contributed by atoms with Crippen LogP contribution < -0.4 is 0 Å². The van der Waals surface area contributed by atoms with Crippen LogP contribution in [0.5, 0.6) is 0 Å². The molecule has 0 saturated heterocycles. The smallest absolute Gasteiger partial charge is 0.244 e. The third-order valence-corrected chi connectivity index (χ3v) is 4.77. The first-order chi connectivity index (χ1) is 9.72. The quantitative estimate of drug-likeness (QED) is 0.818. The first kappa shape index (κ1) is 13.5. The lowest BCUT2D eigenvalue weighted by molar-refractivity contribution is 0.256. The van der Waals surface area contributed by atoms with E-state index in [0.717, 1.165) is 42.0 Å². The van der Waals surface area contributed by atoms with Crippen molar-refractivity contribution < 1.29 is 9.18 Å². The van der Waals surface area contributed by atoms with Crippen LogP contribution in [0.25, 0.3) is 0 Å². The maximum Gasteiger partial charge on any atom is 0.367 e. The van der Waals surface area contributed by atoms with Crippen LogP contribution in [0.4, 0.5) is 9.18 Å². The Hall–Kier alpha value is -1.49. The number of nitrogens with zero attached hydrogens (tertiary/aromatic N) is 2. The van der Waals surface area contributed by atoms with Gasteiger partial charge in [0, 0.05) is 17.4 Å². The van der Waals surface area contributed by atoms with Crippen molar-refractivity contribution in [3.8, 4) is 0 Å². The zero-order valence-electron chi connectivity index (χ0n) is 11.0. The van der Waals surface area contributed by atoms with Crippen LogP contribution >= 0.6 is 11.8 Å². The van der Waals surface area contributed by atoms with E-state index in [1.165, 1.54) is 12.1 Å². The van der Waals surface area contributed by atoms with E-state index in [2.05, 4.69) is 9.98 Å². The summed E-state index contributed by atoms with van der Waals surface area (Å²) >= 11 is 1.57. The van der Waals surface area contributed by atoms with Gasteiger partial charge in [0.15, 0.2) is 0 Å². The van der Waals surface area contributed by atoms with Crippen molar-refractivity contribution in [1.82, 2.24) is 0 Å². The Morgan fingerprint density at radius 3 is 2.80 bits per heavy atom. The molecule has 0 aromatic heterocycles. The lowest BCUT2D eigenvalue weighted by Gasteiger charge is -2.27. The van der Waals surface area contributed by atoms with Gasteiger partial charge in [-0.2, -0.15) is 4.99 Å². The SMILES string of the molecule is O=C1N=C2CCCCC2C(SCc2ccc(F)cc2)=N1. The van der Waals surface area contributed by atoms with E-state index in [1.54, 1.807) is 23.9 Å². The number of aliphatic imine (C=N–C) groups is 2. The fourth-order valence-electron chi connectivity index (χ4n) is 2.59. The highest BCUT2D eigenvalue weighted by Crippen LogP contribution is 2.31. The molecular weight excluding hydrogens is 275 g/mol. The number of hydrogen-bond donors (Lipinski definition) is 0. The first-order valence-corrected chi connectivity index (χ1v) is 7.78. The summed E-state index contributed by atoms with van der Waals surface area (Å²) in [4.78, 5) is 19.7. The Balaban J connectivity index is 1.70. The molecular formula is C15H15FN2OS. The number of rotatable bonds is 2. The van der Waals surface area contributed by atoms with Gasteiger partial charge in [-0.1, -0.05) is 18.6 Å². The molecule has 1 aromatic rings. The molecule has 1 aliphatic carbocycles. The minimum atomic E-state index is -0.375. The second kappa shape index (κ2) is 5.87. The largest absolute Gasteiger partial charge is 0.367 e. The molecule has 104 valence electrons. The molecule has 1 atom stereocenters. The Morgan fingerprint density at radius 2 is 2.00 bits per heavy atom. The molecule has 0 N–H and O–H groups in total. The van der Waals surface area contributed by atoms with Crippen LogP contribution in [0.1, 0.15) is 31.2 Å². The topological polar surface area (TPSA) is 41.8 Å². The number of thioether (sulfide) groups is 1. The van der Waals surface area contributed by atoms with Gasteiger partial charge in [-0.3, -0.25) is 0 Å². The molecule has 2 amide bonds. The van der Waals surface area contributed by atoms with Crippen LogP contribution in [0.15, 0.2) is 34.3 Å². The summed E-state index contributed by atoms with van der Waals surface area (Å²) in [7, 11) is 0. The lowest BCUT2D eigenvalue weighted by atomic mass is 9.87. The van der Waals surface area contributed by atoms with E-state index in [4.69, 9.17) is 0 Å². The van der Waals surface area contributed by atoms with Crippen molar-refractivity contribution in [2.24, 2.45) is 15.9 Å². The number of urea groups is 1. The number of fused-ring (bicyclic) bond motifs is 1. The summed E-state index contributed by atoms with van der Waals surface area (Å²) in [6, 6.07) is 6.07. The van der Waals surface area contributed by atoms with Gasteiger partial charge in [0.05, 0.1) is 5.04 Å². The molecule has 1 aromatic carbocycles. The van der Waals surface area contributed by atoms with Crippen molar-refractivity contribution in [3.63, 3.8) is 0 Å². The third kappa shape index (κ3) is 2.98. The predicted molar refractivity (Wildman–Crippen MR) is 79.9 cm³/mol. The second-order valence-electron chi connectivity index (χ2n) is 5.05. The summed E-state index contributed by atoms with van der Waals surface area (Å²) in [5, 5.41) is 0.879. The average Bonchev–Trinajstić information content (AvgIpc) is 2.46. The summed E-state index contributed by atoms with van der Waals surface area (Å²) in [5.74, 6) is 0.702. The van der Waals surface area contributed by atoms with E-state index in [-0.39, 0.29) is 17.8 Å². The maximum atomic E-state index is 12.9. The number of carbonyl (C=O) groups is 1. The van der Waals surface area contributed by atoms with Gasteiger partial charge in [0.1, 0.15) is 5.82 Å². The van der Waals surface area contributed by atoms with Crippen molar-refractivity contribution in [3.05, 3.63) is 35.6 Å². The Morgan fingerprint density at radius 1 is 1.20 bits per heavy atom. The predicted octanol–water partition coefficient (Wildman–Crippen LogP) is 4.22. The van der Waals surface area contributed by atoms with Gasteiger partial charge in [0.2, 0.25) is 0 Å².